The first-order valence-electron chi connectivity index (χ1n) is 12.6. The van der Waals surface area contributed by atoms with E-state index in [2.05, 4.69) is 11.4 Å². The molecule has 0 spiro atoms. The highest BCUT2D eigenvalue weighted by molar-refractivity contribution is 5.88. The molecule has 0 fully saturated rings. The van der Waals surface area contributed by atoms with E-state index in [1.54, 1.807) is 4.90 Å². The second-order valence-corrected chi connectivity index (χ2v) is 10.2. The zero-order valence-corrected chi connectivity index (χ0v) is 21.9. The van der Waals surface area contributed by atoms with Crippen molar-refractivity contribution in [3.8, 4) is 5.75 Å². The lowest BCUT2D eigenvalue weighted by Gasteiger charge is -2.34. The van der Waals surface area contributed by atoms with E-state index in [1.165, 1.54) is 0 Å². The number of para-hydroxylation sites is 1. The van der Waals surface area contributed by atoms with Crippen molar-refractivity contribution in [3.63, 3.8) is 0 Å². The quantitative estimate of drug-likeness (QED) is 0.353. The van der Waals surface area contributed by atoms with E-state index in [0.29, 0.717) is 32.4 Å². The van der Waals surface area contributed by atoms with Gasteiger partial charge in [0.15, 0.2) is 0 Å². The second-order valence-electron chi connectivity index (χ2n) is 10.2. The summed E-state index contributed by atoms with van der Waals surface area (Å²) in [6, 6.07) is 26.9. The van der Waals surface area contributed by atoms with Gasteiger partial charge in [-0.3, -0.25) is 9.59 Å². The van der Waals surface area contributed by atoms with Crippen LogP contribution in [0.1, 0.15) is 50.3 Å². The number of rotatable bonds is 11. The van der Waals surface area contributed by atoms with E-state index in [1.807, 2.05) is 107 Å². The Morgan fingerprint density at radius 3 is 2.17 bits per heavy atom. The first-order valence-corrected chi connectivity index (χ1v) is 12.6. The van der Waals surface area contributed by atoms with Crippen molar-refractivity contribution in [1.82, 2.24) is 10.2 Å². The van der Waals surface area contributed by atoms with Gasteiger partial charge in [-0.25, -0.2) is 0 Å². The number of ether oxygens (including phenoxy) is 1. The average molecular weight is 487 g/mol. The third-order valence-electron chi connectivity index (χ3n) is 5.75. The number of carbonyl (C=O) groups is 2. The highest BCUT2D eigenvalue weighted by Crippen LogP contribution is 2.18. The standard InChI is InChI=1S/C31H38N2O3/c1-24-13-11-16-26(21-24)23-33(29(34)19-12-20-36-27-17-9-6-10-18-27)28(30(35)32-31(2,3)4)22-25-14-7-5-8-15-25/h5-11,13-18,21,28H,12,19-20,22-23H2,1-4H3,(H,32,35)/t28-/m0/s1. The third-order valence-corrected chi connectivity index (χ3v) is 5.75. The number of hydrogen-bond acceptors (Lipinski definition) is 3. The van der Waals surface area contributed by atoms with Gasteiger partial charge in [-0.2, -0.15) is 0 Å². The molecule has 1 atom stereocenters. The Morgan fingerprint density at radius 2 is 1.53 bits per heavy atom. The van der Waals surface area contributed by atoms with Gasteiger partial charge >= 0.3 is 0 Å². The van der Waals surface area contributed by atoms with E-state index < -0.39 is 11.6 Å². The number of nitrogens with one attached hydrogen (secondary N) is 1. The number of carbonyl (C=O) groups excluding carboxylic acids is 2. The lowest BCUT2D eigenvalue weighted by atomic mass is 10.00. The van der Waals surface area contributed by atoms with E-state index in [4.69, 9.17) is 4.74 Å². The highest BCUT2D eigenvalue weighted by atomic mass is 16.5. The first kappa shape index (κ1) is 27.0. The van der Waals surface area contributed by atoms with Crippen LogP contribution in [0.15, 0.2) is 84.9 Å². The Balaban J connectivity index is 1.82. The van der Waals surface area contributed by atoms with Crippen LogP contribution < -0.4 is 10.1 Å². The van der Waals surface area contributed by atoms with Gasteiger partial charge in [-0.05, 0) is 57.4 Å². The predicted octanol–water partition coefficient (Wildman–Crippen LogP) is 5.71. The molecular formula is C31H38N2O3. The Hall–Kier alpha value is -3.60. The van der Waals surface area contributed by atoms with Gasteiger partial charge in [-0.15, -0.1) is 0 Å². The summed E-state index contributed by atoms with van der Waals surface area (Å²) in [6.07, 6.45) is 1.31. The number of nitrogens with zero attached hydrogens (tertiary/aromatic N) is 1. The summed E-state index contributed by atoms with van der Waals surface area (Å²) < 4.78 is 5.79. The zero-order chi connectivity index (χ0) is 26.0. The molecule has 5 nitrogen and oxygen atoms in total. The SMILES string of the molecule is Cc1cccc(CN(C(=O)CCCOc2ccccc2)[C@@H](Cc2ccccc2)C(=O)NC(C)(C)C)c1. The minimum absolute atomic E-state index is 0.0573. The molecule has 0 aliphatic heterocycles. The molecule has 0 aliphatic rings. The summed E-state index contributed by atoms with van der Waals surface area (Å²) in [7, 11) is 0. The van der Waals surface area contributed by atoms with Crippen molar-refractivity contribution in [3.05, 3.63) is 102 Å². The molecular weight excluding hydrogens is 448 g/mol. The molecule has 36 heavy (non-hydrogen) atoms. The molecule has 190 valence electrons. The fourth-order valence-corrected chi connectivity index (χ4v) is 4.09. The van der Waals surface area contributed by atoms with Crippen molar-refractivity contribution >= 4 is 11.8 Å². The van der Waals surface area contributed by atoms with E-state index in [9.17, 15) is 9.59 Å². The van der Waals surface area contributed by atoms with E-state index >= 15 is 0 Å². The monoisotopic (exact) mass is 486 g/mol. The summed E-state index contributed by atoms with van der Waals surface area (Å²) in [4.78, 5) is 28.9. The lowest BCUT2D eigenvalue weighted by molar-refractivity contribution is -0.142. The minimum atomic E-state index is -0.630. The molecule has 0 aromatic heterocycles. The maximum absolute atomic E-state index is 13.6. The number of amides is 2. The van der Waals surface area contributed by atoms with Crippen molar-refractivity contribution < 1.29 is 14.3 Å². The van der Waals surface area contributed by atoms with Crippen LogP contribution in [0.5, 0.6) is 5.75 Å². The van der Waals surface area contributed by atoms with Crippen LogP contribution in [0.3, 0.4) is 0 Å². The van der Waals surface area contributed by atoms with Gasteiger partial charge in [0.2, 0.25) is 11.8 Å². The first-order chi connectivity index (χ1) is 17.2. The third kappa shape index (κ3) is 8.88. The van der Waals surface area contributed by atoms with Crippen molar-refractivity contribution in [2.45, 2.75) is 65.1 Å². The maximum atomic E-state index is 13.6. The van der Waals surface area contributed by atoms with Gasteiger partial charge in [-0.1, -0.05) is 78.4 Å². The normalized spacial score (nSPS) is 12.0. The van der Waals surface area contributed by atoms with E-state index in [-0.39, 0.29) is 11.8 Å². The van der Waals surface area contributed by atoms with Crippen molar-refractivity contribution in [2.75, 3.05) is 6.61 Å². The number of aryl methyl sites for hydroxylation is 1. The van der Waals surface area contributed by atoms with Gasteiger partial charge in [0.25, 0.3) is 0 Å². The Labute approximate surface area is 215 Å². The molecule has 0 unspecified atom stereocenters. The minimum Gasteiger partial charge on any atom is -0.494 e. The maximum Gasteiger partial charge on any atom is 0.243 e. The van der Waals surface area contributed by atoms with Gasteiger partial charge in [0.05, 0.1) is 6.61 Å². The Bertz CT molecular complexity index is 1110. The summed E-state index contributed by atoms with van der Waals surface area (Å²) in [5, 5.41) is 3.10. The predicted molar refractivity (Wildman–Crippen MR) is 145 cm³/mol. The molecule has 0 aliphatic carbocycles. The Kier molecular flexibility index (Phi) is 9.69. The average Bonchev–Trinajstić information content (AvgIpc) is 2.84. The summed E-state index contributed by atoms with van der Waals surface area (Å²) in [5.74, 6) is 0.583. The van der Waals surface area contributed by atoms with E-state index in [0.717, 1.165) is 22.4 Å². The molecule has 3 aromatic rings. The number of hydrogen-bond donors (Lipinski definition) is 1. The summed E-state index contributed by atoms with van der Waals surface area (Å²) >= 11 is 0. The van der Waals surface area contributed by atoms with Crippen LogP contribution >= 0.6 is 0 Å². The number of benzene rings is 3. The molecule has 3 aromatic carbocycles. The topological polar surface area (TPSA) is 58.6 Å². The van der Waals surface area contributed by atoms with Gasteiger partial charge < -0.3 is 15.0 Å². The molecule has 5 heteroatoms. The molecule has 0 saturated heterocycles. The fourth-order valence-electron chi connectivity index (χ4n) is 4.09. The van der Waals surface area contributed by atoms with Crippen molar-refractivity contribution in [1.29, 1.82) is 0 Å². The molecule has 0 heterocycles. The van der Waals surface area contributed by atoms with Crippen molar-refractivity contribution in [2.24, 2.45) is 0 Å². The lowest BCUT2D eigenvalue weighted by Crippen LogP contribution is -2.54. The van der Waals surface area contributed by atoms with Crippen LogP contribution in [0.2, 0.25) is 0 Å². The van der Waals surface area contributed by atoms with Crippen LogP contribution in [0.25, 0.3) is 0 Å². The summed E-state index contributed by atoms with van der Waals surface area (Å²) in [5.41, 5.74) is 2.73. The van der Waals surface area contributed by atoms with Crippen LogP contribution in [0, 0.1) is 6.92 Å². The molecule has 0 radical (unpaired) electrons. The largest absolute Gasteiger partial charge is 0.494 e. The highest BCUT2D eigenvalue weighted by Gasteiger charge is 2.32. The molecule has 2 amide bonds. The molecule has 0 saturated carbocycles. The van der Waals surface area contributed by atoms with Gasteiger partial charge in [0, 0.05) is 24.9 Å². The fraction of sp³-hybridized carbons (Fsp3) is 0.355. The second kappa shape index (κ2) is 12.9. The smallest absolute Gasteiger partial charge is 0.243 e. The molecule has 1 N–H and O–H groups in total. The Morgan fingerprint density at radius 1 is 0.889 bits per heavy atom. The molecule has 0 bridgehead atoms. The summed E-state index contributed by atoms with van der Waals surface area (Å²) in [6.45, 7) is 8.71. The van der Waals surface area contributed by atoms with Crippen LogP contribution in [-0.2, 0) is 22.6 Å². The zero-order valence-electron chi connectivity index (χ0n) is 21.9. The molecule has 3 rings (SSSR count). The van der Waals surface area contributed by atoms with Gasteiger partial charge in [0.1, 0.15) is 11.8 Å². The van der Waals surface area contributed by atoms with Crippen LogP contribution in [0.4, 0.5) is 0 Å². The van der Waals surface area contributed by atoms with Crippen LogP contribution in [-0.4, -0.2) is 34.9 Å².